The van der Waals surface area contributed by atoms with Crippen LogP contribution in [0.25, 0.3) is 0 Å². The summed E-state index contributed by atoms with van der Waals surface area (Å²) in [5.74, 6) is -3.35. The SMILES string of the molecule is CCOC(=O)C(CC)(C(CC)C(=O)OCC(C)(C)CO)P(=O)(O)O. The molecule has 0 rings (SSSR count). The molecule has 0 aromatic rings. The van der Waals surface area contributed by atoms with Gasteiger partial charge in [0, 0.05) is 5.41 Å². The second kappa shape index (κ2) is 8.94. The maximum absolute atomic E-state index is 12.4. The van der Waals surface area contributed by atoms with E-state index in [1.54, 1.807) is 20.8 Å². The summed E-state index contributed by atoms with van der Waals surface area (Å²) in [6.07, 6.45) is -0.275. The van der Waals surface area contributed by atoms with Gasteiger partial charge in [-0.1, -0.05) is 27.7 Å². The standard InChI is InChI=1S/C15H29O8P/c1-6-11(12(17)23-10-14(4,5)9-16)15(7-2,24(19,20)21)13(18)22-8-3/h11,16H,6-10H2,1-5H3,(H2,19,20,21). The number of ether oxygens (including phenoxy) is 2. The number of rotatable bonds is 10. The zero-order valence-corrected chi connectivity index (χ0v) is 15.8. The molecule has 0 spiro atoms. The van der Waals surface area contributed by atoms with Gasteiger partial charge in [0.05, 0.1) is 25.7 Å². The lowest BCUT2D eigenvalue weighted by Crippen LogP contribution is -2.50. The summed E-state index contributed by atoms with van der Waals surface area (Å²) in [4.78, 5) is 44.4. The summed E-state index contributed by atoms with van der Waals surface area (Å²) >= 11 is 0. The average Bonchev–Trinajstić information content (AvgIpc) is 2.49. The highest BCUT2D eigenvalue weighted by molar-refractivity contribution is 7.54. The number of carbonyl (C=O) groups excluding carboxylic acids is 2. The Morgan fingerprint density at radius 3 is 2.00 bits per heavy atom. The van der Waals surface area contributed by atoms with Crippen molar-refractivity contribution in [1.82, 2.24) is 0 Å². The molecular weight excluding hydrogens is 339 g/mol. The fourth-order valence-electron chi connectivity index (χ4n) is 2.43. The number of aliphatic hydroxyl groups excluding tert-OH is 1. The van der Waals surface area contributed by atoms with Crippen LogP contribution in [-0.4, -0.2) is 51.8 Å². The molecular formula is C15H29O8P. The van der Waals surface area contributed by atoms with Gasteiger partial charge in [-0.15, -0.1) is 0 Å². The number of aliphatic hydroxyl groups is 1. The summed E-state index contributed by atoms with van der Waals surface area (Å²) in [5.41, 5.74) is -0.700. The Balaban J connectivity index is 5.75. The Kier molecular flexibility index (Phi) is 8.59. The Bertz CT molecular complexity index is 484. The molecule has 0 fully saturated rings. The van der Waals surface area contributed by atoms with Gasteiger partial charge in [0.2, 0.25) is 0 Å². The van der Waals surface area contributed by atoms with E-state index in [0.717, 1.165) is 0 Å². The van der Waals surface area contributed by atoms with Crippen LogP contribution in [0.2, 0.25) is 0 Å². The van der Waals surface area contributed by atoms with Gasteiger partial charge in [-0.3, -0.25) is 14.2 Å². The molecule has 0 aliphatic rings. The van der Waals surface area contributed by atoms with Gasteiger partial charge in [-0.2, -0.15) is 0 Å². The topological polar surface area (TPSA) is 130 Å². The van der Waals surface area contributed by atoms with E-state index in [0.29, 0.717) is 0 Å². The molecule has 0 amide bonds. The zero-order chi connectivity index (χ0) is 19.2. The van der Waals surface area contributed by atoms with Gasteiger partial charge in [-0.05, 0) is 19.8 Å². The van der Waals surface area contributed by atoms with Crippen LogP contribution in [0.3, 0.4) is 0 Å². The van der Waals surface area contributed by atoms with Crippen LogP contribution in [0.5, 0.6) is 0 Å². The molecule has 0 saturated heterocycles. The lowest BCUT2D eigenvalue weighted by atomic mass is 9.86. The molecule has 0 bridgehead atoms. The molecule has 0 aliphatic carbocycles. The summed E-state index contributed by atoms with van der Waals surface area (Å²) in [5, 5.41) is 6.93. The van der Waals surface area contributed by atoms with Crippen LogP contribution >= 0.6 is 7.60 Å². The third-order valence-electron chi connectivity index (χ3n) is 3.99. The Labute approximate surface area is 142 Å². The van der Waals surface area contributed by atoms with Gasteiger partial charge in [-0.25, -0.2) is 0 Å². The minimum atomic E-state index is -5.02. The molecule has 0 aliphatic heterocycles. The van der Waals surface area contributed by atoms with Crippen molar-refractivity contribution in [2.75, 3.05) is 19.8 Å². The monoisotopic (exact) mass is 368 g/mol. The number of carbonyl (C=O) groups is 2. The average molecular weight is 368 g/mol. The van der Waals surface area contributed by atoms with Crippen molar-refractivity contribution in [2.45, 2.75) is 52.6 Å². The molecule has 0 saturated carbocycles. The second-order valence-corrected chi connectivity index (χ2v) is 8.32. The van der Waals surface area contributed by atoms with Gasteiger partial charge in [0.1, 0.15) is 0 Å². The largest absolute Gasteiger partial charge is 0.465 e. The first-order valence-electron chi connectivity index (χ1n) is 7.93. The molecule has 9 heteroatoms. The highest BCUT2D eigenvalue weighted by Gasteiger charge is 2.61. The summed E-state index contributed by atoms with van der Waals surface area (Å²) in [6.45, 7) is 7.39. The lowest BCUT2D eigenvalue weighted by Gasteiger charge is -2.36. The smallest absolute Gasteiger partial charge is 0.343 e. The van der Waals surface area contributed by atoms with Gasteiger partial charge < -0.3 is 24.4 Å². The third-order valence-corrected chi connectivity index (χ3v) is 5.84. The normalized spacial score (nSPS) is 16.2. The first-order chi connectivity index (χ1) is 10.9. The van der Waals surface area contributed by atoms with Crippen molar-refractivity contribution in [3.05, 3.63) is 0 Å². The summed E-state index contributed by atoms with van der Waals surface area (Å²) in [6, 6.07) is 0. The maximum Gasteiger partial charge on any atom is 0.343 e. The molecule has 8 nitrogen and oxygen atoms in total. The predicted octanol–water partition coefficient (Wildman–Crippen LogP) is 1.46. The lowest BCUT2D eigenvalue weighted by molar-refractivity contribution is -0.162. The first kappa shape index (κ1) is 23.1. The third kappa shape index (κ3) is 5.02. The van der Waals surface area contributed by atoms with E-state index in [1.807, 2.05) is 0 Å². The van der Waals surface area contributed by atoms with E-state index in [9.17, 15) is 29.0 Å². The van der Waals surface area contributed by atoms with E-state index >= 15 is 0 Å². The predicted molar refractivity (Wildman–Crippen MR) is 87.3 cm³/mol. The van der Waals surface area contributed by atoms with Gasteiger partial charge >= 0.3 is 19.5 Å². The Morgan fingerprint density at radius 2 is 1.67 bits per heavy atom. The molecule has 0 radical (unpaired) electrons. The van der Waals surface area contributed by atoms with Crippen molar-refractivity contribution in [3.8, 4) is 0 Å². The minimum Gasteiger partial charge on any atom is -0.465 e. The van der Waals surface area contributed by atoms with Crippen LogP contribution in [0.1, 0.15) is 47.5 Å². The molecule has 0 aromatic heterocycles. The molecule has 142 valence electrons. The van der Waals surface area contributed by atoms with Crippen molar-refractivity contribution < 1.29 is 38.5 Å². The Morgan fingerprint density at radius 1 is 1.12 bits per heavy atom. The van der Waals surface area contributed by atoms with Crippen LogP contribution in [0.15, 0.2) is 0 Å². The minimum absolute atomic E-state index is 0.00382. The number of esters is 2. The molecule has 2 unspecified atom stereocenters. The van der Waals surface area contributed by atoms with Gasteiger partial charge in [0.25, 0.3) is 0 Å². The van der Waals surface area contributed by atoms with Crippen molar-refractivity contribution in [3.63, 3.8) is 0 Å². The molecule has 3 N–H and O–H groups in total. The first-order valence-corrected chi connectivity index (χ1v) is 9.55. The molecule has 0 heterocycles. The van der Waals surface area contributed by atoms with E-state index in [-0.39, 0.29) is 32.7 Å². The van der Waals surface area contributed by atoms with E-state index < -0.39 is 36.0 Å². The van der Waals surface area contributed by atoms with Crippen LogP contribution in [0.4, 0.5) is 0 Å². The summed E-state index contributed by atoms with van der Waals surface area (Å²) in [7, 11) is -5.02. The highest BCUT2D eigenvalue weighted by atomic mass is 31.2. The van der Waals surface area contributed by atoms with E-state index in [2.05, 4.69) is 0 Å². The quantitative estimate of drug-likeness (QED) is 0.390. The van der Waals surface area contributed by atoms with E-state index in [4.69, 9.17) is 9.47 Å². The zero-order valence-electron chi connectivity index (χ0n) is 14.9. The molecule has 0 aromatic carbocycles. The number of hydrogen-bond donors (Lipinski definition) is 3. The van der Waals surface area contributed by atoms with E-state index in [1.165, 1.54) is 13.8 Å². The Hall–Kier alpha value is -0.950. The maximum atomic E-state index is 12.4. The highest BCUT2D eigenvalue weighted by Crippen LogP contribution is 2.58. The number of hydrogen-bond acceptors (Lipinski definition) is 6. The van der Waals surface area contributed by atoms with Crippen molar-refractivity contribution >= 4 is 19.5 Å². The van der Waals surface area contributed by atoms with Crippen LogP contribution < -0.4 is 0 Å². The van der Waals surface area contributed by atoms with Crippen molar-refractivity contribution in [2.24, 2.45) is 11.3 Å². The fourth-order valence-corrected chi connectivity index (χ4v) is 3.84. The molecule has 2 atom stereocenters. The second-order valence-electron chi connectivity index (χ2n) is 6.43. The summed E-state index contributed by atoms with van der Waals surface area (Å²) < 4.78 is 22.1. The fraction of sp³-hybridized carbons (Fsp3) is 0.867. The van der Waals surface area contributed by atoms with Gasteiger partial charge in [0.15, 0.2) is 5.16 Å². The molecule has 24 heavy (non-hydrogen) atoms. The van der Waals surface area contributed by atoms with Crippen molar-refractivity contribution in [1.29, 1.82) is 0 Å². The van der Waals surface area contributed by atoms with Crippen LogP contribution in [0, 0.1) is 11.3 Å². The van der Waals surface area contributed by atoms with Crippen LogP contribution in [-0.2, 0) is 23.6 Å².